The van der Waals surface area contributed by atoms with Gasteiger partial charge in [0.25, 0.3) is 0 Å². The van der Waals surface area contributed by atoms with Crippen molar-refractivity contribution in [1.29, 1.82) is 0 Å². The van der Waals surface area contributed by atoms with E-state index in [0.29, 0.717) is 5.41 Å². The van der Waals surface area contributed by atoms with Crippen LogP contribution < -0.4 is 0 Å². The molecule has 0 amide bonds. The van der Waals surface area contributed by atoms with Crippen LogP contribution >= 0.6 is 0 Å². The molecule has 2 spiro atoms. The predicted molar refractivity (Wildman–Crippen MR) is 86.2 cm³/mol. The van der Waals surface area contributed by atoms with Crippen molar-refractivity contribution in [2.75, 3.05) is 13.2 Å². The molecular formula is C18H32O3. The highest BCUT2D eigenvalue weighted by molar-refractivity contribution is 5.73. The number of carbonyl (C=O) groups is 1. The SMILES string of the molecule is CC.CC.O=CC1=CC[C@]2(CCCC3(C2)OCCO3)CC1. The largest absolute Gasteiger partial charge is 0.348 e. The Balaban J connectivity index is 0.000000510. The Bertz CT molecular complexity index is 342. The van der Waals surface area contributed by atoms with E-state index in [0.717, 1.165) is 57.2 Å². The third-order valence-electron chi connectivity index (χ3n) is 4.62. The van der Waals surface area contributed by atoms with Gasteiger partial charge in [0.05, 0.1) is 13.2 Å². The maximum absolute atomic E-state index is 10.8. The number of hydrogen-bond acceptors (Lipinski definition) is 3. The Hall–Kier alpha value is -0.670. The molecule has 2 aliphatic carbocycles. The number of ether oxygens (including phenoxy) is 2. The fraction of sp³-hybridized carbons (Fsp3) is 0.833. The van der Waals surface area contributed by atoms with Crippen LogP contribution in [0.3, 0.4) is 0 Å². The van der Waals surface area contributed by atoms with Crippen molar-refractivity contribution in [3.8, 4) is 0 Å². The molecule has 0 unspecified atom stereocenters. The summed E-state index contributed by atoms with van der Waals surface area (Å²) in [7, 11) is 0. The zero-order valence-corrected chi connectivity index (χ0v) is 14.2. The summed E-state index contributed by atoms with van der Waals surface area (Å²) in [5.74, 6) is -0.287. The van der Waals surface area contributed by atoms with Crippen molar-refractivity contribution in [3.05, 3.63) is 11.6 Å². The van der Waals surface area contributed by atoms with Crippen LogP contribution in [0.25, 0.3) is 0 Å². The topological polar surface area (TPSA) is 35.5 Å². The van der Waals surface area contributed by atoms with Gasteiger partial charge in [-0.25, -0.2) is 0 Å². The molecule has 3 heteroatoms. The van der Waals surface area contributed by atoms with E-state index in [1.165, 1.54) is 12.8 Å². The molecule has 0 aromatic heterocycles. The minimum atomic E-state index is -0.287. The molecule has 0 radical (unpaired) electrons. The molecule has 0 aromatic carbocycles. The zero-order valence-electron chi connectivity index (χ0n) is 14.2. The molecule has 1 saturated heterocycles. The summed E-state index contributed by atoms with van der Waals surface area (Å²) in [5, 5.41) is 0. The molecule has 3 nitrogen and oxygen atoms in total. The molecule has 3 rings (SSSR count). The summed E-state index contributed by atoms with van der Waals surface area (Å²) >= 11 is 0. The van der Waals surface area contributed by atoms with E-state index in [4.69, 9.17) is 9.47 Å². The van der Waals surface area contributed by atoms with Crippen LogP contribution in [0.15, 0.2) is 11.6 Å². The molecule has 0 bridgehead atoms. The first kappa shape index (κ1) is 18.4. The molecule has 122 valence electrons. The molecular weight excluding hydrogens is 264 g/mol. The number of carbonyl (C=O) groups excluding carboxylic acids is 1. The lowest BCUT2D eigenvalue weighted by Crippen LogP contribution is -2.43. The molecule has 0 N–H and O–H groups in total. The maximum atomic E-state index is 10.8. The van der Waals surface area contributed by atoms with Gasteiger partial charge in [0.15, 0.2) is 5.79 Å². The predicted octanol–water partition coefficient (Wildman–Crippen LogP) is 4.65. The van der Waals surface area contributed by atoms with Gasteiger partial charge < -0.3 is 9.47 Å². The molecule has 21 heavy (non-hydrogen) atoms. The third-order valence-corrected chi connectivity index (χ3v) is 4.62. The molecule has 1 aliphatic heterocycles. The second-order valence-corrected chi connectivity index (χ2v) is 5.74. The van der Waals surface area contributed by atoms with Gasteiger partial charge in [-0.2, -0.15) is 0 Å². The Morgan fingerprint density at radius 3 is 2.24 bits per heavy atom. The molecule has 1 atom stereocenters. The number of allylic oxidation sites excluding steroid dienone is 2. The minimum Gasteiger partial charge on any atom is -0.348 e. The summed E-state index contributed by atoms with van der Waals surface area (Å²) in [5.41, 5.74) is 1.30. The van der Waals surface area contributed by atoms with Crippen molar-refractivity contribution < 1.29 is 14.3 Å². The molecule has 1 heterocycles. The first-order chi connectivity index (χ1) is 10.3. The monoisotopic (exact) mass is 296 g/mol. The summed E-state index contributed by atoms with van der Waals surface area (Å²) in [4.78, 5) is 10.8. The van der Waals surface area contributed by atoms with E-state index < -0.39 is 0 Å². The van der Waals surface area contributed by atoms with E-state index >= 15 is 0 Å². The molecule has 1 saturated carbocycles. The van der Waals surface area contributed by atoms with Crippen LogP contribution in [-0.2, 0) is 14.3 Å². The van der Waals surface area contributed by atoms with E-state index in [1.54, 1.807) is 0 Å². The van der Waals surface area contributed by atoms with Crippen molar-refractivity contribution in [3.63, 3.8) is 0 Å². The van der Waals surface area contributed by atoms with Gasteiger partial charge in [0, 0.05) is 12.8 Å². The van der Waals surface area contributed by atoms with Crippen LogP contribution in [0.5, 0.6) is 0 Å². The summed E-state index contributed by atoms with van der Waals surface area (Å²) < 4.78 is 11.7. The van der Waals surface area contributed by atoms with Crippen molar-refractivity contribution >= 4 is 6.29 Å². The fourth-order valence-corrected chi connectivity index (χ4v) is 3.68. The van der Waals surface area contributed by atoms with Crippen LogP contribution in [0.1, 0.15) is 72.6 Å². The van der Waals surface area contributed by atoms with Crippen LogP contribution in [0.4, 0.5) is 0 Å². The third kappa shape index (κ3) is 4.40. The van der Waals surface area contributed by atoms with Gasteiger partial charge in [-0.15, -0.1) is 0 Å². The Morgan fingerprint density at radius 1 is 1.05 bits per heavy atom. The Labute approximate surface area is 130 Å². The number of hydrogen-bond donors (Lipinski definition) is 0. The second kappa shape index (κ2) is 8.70. The highest BCUT2D eigenvalue weighted by Crippen LogP contribution is 2.52. The summed E-state index contributed by atoms with van der Waals surface area (Å²) in [6, 6.07) is 0. The Kier molecular flexibility index (Phi) is 7.61. The van der Waals surface area contributed by atoms with Crippen molar-refractivity contribution in [1.82, 2.24) is 0 Å². The average Bonchev–Trinajstić information content (AvgIpc) is 2.99. The lowest BCUT2D eigenvalue weighted by molar-refractivity contribution is -0.203. The number of aldehydes is 1. The Morgan fingerprint density at radius 2 is 1.71 bits per heavy atom. The second-order valence-electron chi connectivity index (χ2n) is 5.74. The maximum Gasteiger partial charge on any atom is 0.169 e. The van der Waals surface area contributed by atoms with E-state index in [-0.39, 0.29) is 5.79 Å². The quantitative estimate of drug-likeness (QED) is 0.661. The van der Waals surface area contributed by atoms with Gasteiger partial charge in [-0.05, 0) is 43.1 Å². The van der Waals surface area contributed by atoms with Gasteiger partial charge >= 0.3 is 0 Å². The van der Waals surface area contributed by atoms with Gasteiger partial charge in [-0.1, -0.05) is 33.8 Å². The first-order valence-corrected chi connectivity index (χ1v) is 8.68. The standard InChI is InChI=1S/C14H20O3.2C2H6/c15-10-12-2-6-13(7-3-12)4-1-5-14(11-13)16-8-9-17-14;2*1-2/h2,10H,1,3-9,11H2;2*1-2H3/t13-;;/m1../s1. The normalized spacial score (nSPS) is 29.8. The summed E-state index contributed by atoms with van der Waals surface area (Å²) in [6.07, 6.45) is 10.7. The number of rotatable bonds is 1. The first-order valence-electron chi connectivity index (χ1n) is 8.68. The van der Waals surface area contributed by atoms with E-state index in [9.17, 15) is 4.79 Å². The lowest BCUT2D eigenvalue weighted by atomic mass is 9.64. The van der Waals surface area contributed by atoms with Crippen molar-refractivity contribution in [2.45, 2.75) is 78.4 Å². The fourth-order valence-electron chi connectivity index (χ4n) is 3.68. The zero-order chi connectivity index (χ0) is 15.8. The lowest BCUT2D eigenvalue weighted by Gasteiger charge is -2.46. The highest BCUT2D eigenvalue weighted by atomic mass is 16.7. The highest BCUT2D eigenvalue weighted by Gasteiger charge is 2.48. The van der Waals surface area contributed by atoms with Gasteiger partial charge in [0.1, 0.15) is 6.29 Å². The van der Waals surface area contributed by atoms with E-state index in [2.05, 4.69) is 6.08 Å². The van der Waals surface area contributed by atoms with Crippen LogP contribution in [0, 0.1) is 5.41 Å². The van der Waals surface area contributed by atoms with Crippen LogP contribution in [-0.4, -0.2) is 25.3 Å². The van der Waals surface area contributed by atoms with E-state index in [1.807, 2.05) is 27.7 Å². The molecule has 3 aliphatic rings. The van der Waals surface area contributed by atoms with Crippen molar-refractivity contribution in [2.24, 2.45) is 5.41 Å². The summed E-state index contributed by atoms with van der Waals surface area (Å²) in [6.45, 7) is 9.48. The smallest absolute Gasteiger partial charge is 0.169 e. The average molecular weight is 296 g/mol. The molecule has 2 fully saturated rings. The minimum absolute atomic E-state index is 0.287. The molecule has 0 aromatic rings. The van der Waals surface area contributed by atoms with Gasteiger partial charge in [-0.3, -0.25) is 4.79 Å². The van der Waals surface area contributed by atoms with Gasteiger partial charge in [0.2, 0.25) is 0 Å². The van der Waals surface area contributed by atoms with Crippen LogP contribution in [0.2, 0.25) is 0 Å².